The van der Waals surface area contributed by atoms with Gasteiger partial charge < -0.3 is 10.6 Å². The van der Waals surface area contributed by atoms with Gasteiger partial charge in [0, 0.05) is 18.3 Å². The van der Waals surface area contributed by atoms with Crippen molar-refractivity contribution in [1.29, 1.82) is 0 Å². The summed E-state index contributed by atoms with van der Waals surface area (Å²) in [5, 5.41) is 9.43. The molecule has 0 aliphatic heterocycles. The summed E-state index contributed by atoms with van der Waals surface area (Å²) in [6.45, 7) is 3.22. The van der Waals surface area contributed by atoms with Gasteiger partial charge >= 0.3 is 6.03 Å². The predicted molar refractivity (Wildman–Crippen MR) is 91.6 cm³/mol. The van der Waals surface area contributed by atoms with E-state index in [-0.39, 0.29) is 5.91 Å². The number of nitrogens with one attached hydrogen (secondary N) is 3. The van der Waals surface area contributed by atoms with Gasteiger partial charge in [0.15, 0.2) is 0 Å². The molecule has 2 rings (SSSR count). The zero-order valence-corrected chi connectivity index (χ0v) is 13.0. The molecule has 3 N–H and O–H groups in total. The van der Waals surface area contributed by atoms with Gasteiger partial charge in [-0.25, -0.2) is 10.2 Å². The molecule has 6 heteroatoms. The fourth-order valence-electron chi connectivity index (χ4n) is 1.90. The van der Waals surface area contributed by atoms with Crippen molar-refractivity contribution in [2.75, 3.05) is 10.6 Å². The van der Waals surface area contributed by atoms with Crippen LogP contribution < -0.4 is 16.1 Å². The van der Waals surface area contributed by atoms with Gasteiger partial charge in [-0.3, -0.25) is 4.79 Å². The van der Waals surface area contributed by atoms with E-state index in [1.807, 2.05) is 30.3 Å². The normalized spacial score (nSPS) is 10.8. The number of hydrazone groups is 1. The molecular weight excluding hydrogens is 292 g/mol. The molecule has 118 valence electrons. The van der Waals surface area contributed by atoms with Crippen LogP contribution in [0.4, 0.5) is 16.2 Å². The quantitative estimate of drug-likeness (QED) is 0.598. The SMILES string of the molecule is CC(=O)Nc1cccc(/C(C)=N\NC(=O)Nc2ccccc2)c1. The minimum Gasteiger partial charge on any atom is -0.326 e. The lowest BCUT2D eigenvalue weighted by atomic mass is 10.1. The van der Waals surface area contributed by atoms with Crippen LogP contribution >= 0.6 is 0 Å². The number of carbonyl (C=O) groups excluding carboxylic acids is 2. The van der Waals surface area contributed by atoms with Crippen LogP contribution in [0.2, 0.25) is 0 Å². The van der Waals surface area contributed by atoms with Crippen LogP contribution in [-0.4, -0.2) is 17.6 Å². The molecular formula is C17H18N4O2. The molecule has 0 atom stereocenters. The van der Waals surface area contributed by atoms with Crippen molar-refractivity contribution in [3.63, 3.8) is 0 Å². The van der Waals surface area contributed by atoms with Gasteiger partial charge in [-0.1, -0.05) is 30.3 Å². The largest absolute Gasteiger partial charge is 0.339 e. The molecule has 3 amide bonds. The van der Waals surface area contributed by atoms with Gasteiger partial charge in [-0.05, 0) is 36.8 Å². The van der Waals surface area contributed by atoms with Gasteiger partial charge in [-0.15, -0.1) is 0 Å². The molecule has 0 bridgehead atoms. The molecule has 0 fully saturated rings. The summed E-state index contributed by atoms with van der Waals surface area (Å²) in [7, 11) is 0. The second-order valence-electron chi connectivity index (χ2n) is 4.89. The minimum absolute atomic E-state index is 0.142. The zero-order valence-electron chi connectivity index (χ0n) is 13.0. The van der Waals surface area contributed by atoms with E-state index in [1.54, 1.807) is 31.2 Å². The molecule has 0 heterocycles. The maximum absolute atomic E-state index is 11.8. The van der Waals surface area contributed by atoms with Crippen molar-refractivity contribution in [3.05, 3.63) is 60.2 Å². The summed E-state index contributed by atoms with van der Waals surface area (Å²) in [6, 6.07) is 15.9. The fraction of sp³-hybridized carbons (Fsp3) is 0.118. The maximum Gasteiger partial charge on any atom is 0.339 e. The van der Waals surface area contributed by atoms with Gasteiger partial charge in [0.25, 0.3) is 0 Å². The van der Waals surface area contributed by atoms with E-state index in [0.29, 0.717) is 17.1 Å². The highest BCUT2D eigenvalue weighted by Gasteiger charge is 2.03. The summed E-state index contributed by atoms with van der Waals surface area (Å²) in [6.07, 6.45) is 0. The number of carbonyl (C=O) groups is 2. The molecule has 0 saturated carbocycles. The number of hydrogen-bond donors (Lipinski definition) is 3. The molecule has 23 heavy (non-hydrogen) atoms. The molecule has 6 nitrogen and oxygen atoms in total. The Kier molecular flexibility index (Phi) is 5.46. The molecule has 0 unspecified atom stereocenters. The molecule has 2 aromatic carbocycles. The average molecular weight is 310 g/mol. The van der Waals surface area contributed by atoms with Gasteiger partial charge in [-0.2, -0.15) is 5.10 Å². The first-order chi connectivity index (χ1) is 11.0. The third-order valence-electron chi connectivity index (χ3n) is 2.96. The van der Waals surface area contributed by atoms with Crippen molar-refractivity contribution in [3.8, 4) is 0 Å². The van der Waals surface area contributed by atoms with Gasteiger partial charge in [0.1, 0.15) is 0 Å². The zero-order chi connectivity index (χ0) is 16.7. The Morgan fingerprint density at radius 3 is 2.26 bits per heavy atom. The lowest BCUT2D eigenvalue weighted by molar-refractivity contribution is -0.114. The van der Waals surface area contributed by atoms with Crippen molar-refractivity contribution in [2.45, 2.75) is 13.8 Å². The number of benzene rings is 2. The van der Waals surface area contributed by atoms with Crippen LogP contribution in [0.3, 0.4) is 0 Å². The first-order valence-electron chi connectivity index (χ1n) is 7.09. The smallest absolute Gasteiger partial charge is 0.326 e. The summed E-state index contributed by atoms with van der Waals surface area (Å²) < 4.78 is 0. The number of rotatable bonds is 4. The second kappa shape index (κ2) is 7.74. The highest BCUT2D eigenvalue weighted by Crippen LogP contribution is 2.11. The van der Waals surface area contributed by atoms with Crippen molar-refractivity contribution < 1.29 is 9.59 Å². The molecule has 0 radical (unpaired) electrons. The standard InChI is InChI=1S/C17H18N4O2/c1-12(14-7-6-10-16(11-14)18-13(2)22)20-21-17(23)19-15-8-4-3-5-9-15/h3-11H,1-2H3,(H,18,22)(H2,19,21,23)/b20-12-. The third-order valence-corrected chi connectivity index (χ3v) is 2.96. The van der Waals surface area contributed by atoms with Gasteiger partial charge in [0.05, 0.1) is 5.71 Å². The topological polar surface area (TPSA) is 82.6 Å². The number of anilines is 2. The van der Waals surface area contributed by atoms with E-state index >= 15 is 0 Å². The monoisotopic (exact) mass is 310 g/mol. The average Bonchev–Trinajstić information content (AvgIpc) is 2.53. The van der Waals surface area contributed by atoms with Gasteiger partial charge in [0.2, 0.25) is 5.91 Å². The predicted octanol–water partition coefficient (Wildman–Crippen LogP) is 3.19. The van der Waals surface area contributed by atoms with Crippen LogP contribution in [0.25, 0.3) is 0 Å². The molecule has 0 spiro atoms. The van der Waals surface area contributed by atoms with Crippen molar-refractivity contribution >= 4 is 29.0 Å². The highest BCUT2D eigenvalue weighted by molar-refractivity contribution is 6.01. The van der Waals surface area contributed by atoms with Crippen LogP contribution in [-0.2, 0) is 4.79 Å². The number of para-hydroxylation sites is 1. The van der Waals surface area contributed by atoms with Crippen molar-refractivity contribution in [1.82, 2.24) is 5.43 Å². The Bertz CT molecular complexity index is 726. The van der Waals surface area contributed by atoms with E-state index in [0.717, 1.165) is 5.56 Å². The van der Waals surface area contributed by atoms with Crippen LogP contribution in [0, 0.1) is 0 Å². The van der Waals surface area contributed by atoms with Crippen molar-refractivity contribution in [2.24, 2.45) is 5.10 Å². The Morgan fingerprint density at radius 1 is 0.870 bits per heavy atom. The second-order valence-corrected chi connectivity index (χ2v) is 4.89. The molecule has 0 aliphatic carbocycles. The van der Waals surface area contributed by atoms with Crippen LogP contribution in [0.15, 0.2) is 59.7 Å². The van der Waals surface area contributed by atoms with E-state index in [4.69, 9.17) is 0 Å². The Balaban J connectivity index is 1.99. The molecule has 0 saturated heterocycles. The molecule has 0 aromatic heterocycles. The fourth-order valence-corrected chi connectivity index (χ4v) is 1.90. The first kappa shape index (κ1) is 16.2. The van der Waals surface area contributed by atoms with E-state index in [2.05, 4.69) is 21.2 Å². The summed E-state index contributed by atoms with van der Waals surface area (Å²) in [5.74, 6) is -0.142. The molecule has 0 aliphatic rings. The Morgan fingerprint density at radius 2 is 1.57 bits per heavy atom. The number of amides is 3. The maximum atomic E-state index is 11.8. The van der Waals surface area contributed by atoms with E-state index < -0.39 is 6.03 Å². The van der Waals surface area contributed by atoms with E-state index in [9.17, 15) is 9.59 Å². The first-order valence-corrected chi connectivity index (χ1v) is 7.09. The molecule has 2 aromatic rings. The minimum atomic E-state index is -0.423. The third kappa shape index (κ3) is 5.28. The Hall–Kier alpha value is -3.15. The lowest BCUT2D eigenvalue weighted by Gasteiger charge is -2.07. The van der Waals surface area contributed by atoms with E-state index in [1.165, 1.54) is 6.92 Å². The van der Waals surface area contributed by atoms with Crippen LogP contribution in [0.1, 0.15) is 19.4 Å². The highest BCUT2D eigenvalue weighted by atomic mass is 16.2. The number of hydrogen-bond acceptors (Lipinski definition) is 3. The van der Waals surface area contributed by atoms with Crippen LogP contribution in [0.5, 0.6) is 0 Å². The summed E-state index contributed by atoms with van der Waals surface area (Å²) >= 11 is 0. The Labute approximate surface area is 134 Å². The number of nitrogens with zero attached hydrogens (tertiary/aromatic N) is 1. The number of urea groups is 1. The summed E-state index contributed by atoms with van der Waals surface area (Å²) in [4.78, 5) is 22.9. The lowest BCUT2D eigenvalue weighted by Crippen LogP contribution is -2.25. The summed E-state index contributed by atoms with van der Waals surface area (Å²) in [5.41, 5.74) is 5.23.